The molecule has 0 bridgehead atoms. The van der Waals surface area contributed by atoms with Crippen LogP contribution < -0.4 is 5.32 Å². The number of aliphatic hydroxyl groups is 1. The molecule has 0 aliphatic carbocycles. The fourth-order valence-corrected chi connectivity index (χ4v) is 2.43. The molecule has 5 nitrogen and oxygen atoms in total. The van der Waals surface area contributed by atoms with E-state index in [2.05, 4.69) is 5.32 Å². The van der Waals surface area contributed by atoms with Gasteiger partial charge in [-0.15, -0.1) is 0 Å². The molecule has 1 aromatic heterocycles. The molecule has 0 radical (unpaired) electrons. The normalized spacial score (nSPS) is 11.2. The number of amides is 2. The number of thiophene rings is 1. The van der Waals surface area contributed by atoms with Crippen molar-refractivity contribution in [3.63, 3.8) is 0 Å². The first kappa shape index (κ1) is 16.7. The average Bonchev–Trinajstić information content (AvgIpc) is 2.85. The van der Waals surface area contributed by atoms with Gasteiger partial charge in [-0.3, -0.25) is 9.59 Å². The van der Waals surface area contributed by atoms with Gasteiger partial charge in [-0.1, -0.05) is 0 Å². The summed E-state index contributed by atoms with van der Waals surface area (Å²) in [6, 6.07) is 1.77. The molecule has 6 heteroatoms. The average molecular weight is 298 g/mol. The van der Waals surface area contributed by atoms with Crippen molar-refractivity contribution in [2.24, 2.45) is 0 Å². The lowest BCUT2D eigenvalue weighted by Crippen LogP contribution is -2.39. The van der Waals surface area contributed by atoms with Gasteiger partial charge in [0.15, 0.2) is 0 Å². The zero-order chi connectivity index (χ0) is 15.2. The molecule has 0 saturated heterocycles. The zero-order valence-corrected chi connectivity index (χ0v) is 13.0. The SMILES string of the molecule is CN(CC(C)(C)O)C(=O)CCCNC(=O)c1ccsc1. The molecule has 1 rings (SSSR count). The molecule has 0 aromatic carbocycles. The number of rotatable bonds is 7. The summed E-state index contributed by atoms with van der Waals surface area (Å²) < 4.78 is 0. The maximum Gasteiger partial charge on any atom is 0.252 e. The van der Waals surface area contributed by atoms with Crippen LogP contribution in [0.2, 0.25) is 0 Å². The Hall–Kier alpha value is -1.40. The van der Waals surface area contributed by atoms with E-state index in [1.807, 2.05) is 5.38 Å². The molecule has 0 fully saturated rings. The molecule has 112 valence electrons. The summed E-state index contributed by atoms with van der Waals surface area (Å²) in [6.45, 7) is 4.10. The first-order chi connectivity index (χ1) is 9.29. The molecule has 2 amide bonds. The van der Waals surface area contributed by atoms with Gasteiger partial charge in [-0.25, -0.2) is 0 Å². The van der Waals surface area contributed by atoms with E-state index in [0.29, 0.717) is 31.5 Å². The van der Waals surface area contributed by atoms with Gasteiger partial charge in [-0.2, -0.15) is 11.3 Å². The minimum Gasteiger partial charge on any atom is -0.389 e. The highest BCUT2D eigenvalue weighted by Gasteiger charge is 2.18. The van der Waals surface area contributed by atoms with Crippen LogP contribution in [0.15, 0.2) is 16.8 Å². The van der Waals surface area contributed by atoms with Crippen LogP contribution in [-0.2, 0) is 4.79 Å². The Morgan fingerprint density at radius 3 is 2.70 bits per heavy atom. The van der Waals surface area contributed by atoms with Crippen molar-refractivity contribution in [2.75, 3.05) is 20.1 Å². The van der Waals surface area contributed by atoms with Gasteiger partial charge in [0.25, 0.3) is 5.91 Å². The molecular weight excluding hydrogens is 276 g/mol. The third-order valence-electron chi connectivity index (χ3n) is 2.69. The highest BCUT2D eigenvalue weighted by atomic mass is 32.1. The molecule has 0 spiro atoms. The Morgan fingerprint density at radius 2 is 2.15 bits per heavy atom. The smallest absolute Gasteiger partial charge is 0.252 e. The Morgan fingerprint density at radius 1 is 1.45 bits per heavy atom. The lowest BCUT2D eigenvalue weighted by molar-refractivity contribution is -0.132. The highest BCUT2D eigenvalue weighted by molar-refractivity contribution is 7.08. The first-order valence-corrected chi connectivity index (χ1v) is 7.50. The van der Waals surface area contributed by atoms with E-state index in [0.717, 1.165) is 0 Å². The van der Waals surface area contributed by atoms with E-state index in [1.54, 1.807) is 32.3 Å². The van der Waals surface area contributed by atoms with Gasteiger partial charge in [0.1, 0.15) is 0 Å². The minimum atomic E-state index is -0.891. The van der Waals surface area contributed by atoms with Gasteiger partial charge in [0.05, 0.1) is 5.60 Å². The van der Waals surface area contributed by atoms with Crippen molar-refractivity contribution in [3.05, 3.63) is 22.4 Å². The number of likely N-dealkylation sites (N-methyl/N-ethyl adjacent to an activating group) is 1. The molecule has 0 aliphatic rings. The fraction of sp³-hybridized carbons (Fsp3) is 0.571. The fourth-order valence-electron chi connectivity index (χ4n) is 1.80. The van der Waals surface area contributed by atoms with Crippen LogP contribution in [0.3, 0.4) is 0 Å². The molecule has 2 N–H and O–H groups in total. The Balaban J connectivity index is 2.21. The van der Waals surface area contributed by atoms with Crippen molar-refractivity contribution in [3.8, 4) is 0 Å². The summed E-state index contributed by atoms with van der Waals surface area (Å²) in [5.74, 6) is -0.138. The summed E-state index contributed by atoms with van der Waals surface area (Å²) in [7, 11) is 1.67. The first-order valence-electron chi connectivity index (χ1n) is 6.56. The monoisotopic (exact) mass is 298 g/mol. The largest absolute Gasteiger partial charge is 0.389 e. The van der Waals surface area contributed by atoms with Gasteiger partial charge in [0.2, 0.25) is 5.91 Å². The number of nitrogens with one attached hydrogen (secondary N) is 1. The summed E-state index contributed by atoms with van der Waals surface area (Å²) in [4.78, 5) is 25.0. The number of nitrogens with zero attached hydrogens (tertiary/aromatic N) is 1. The molecule has 20 heavy (non-hydrogen) atoms. The van der Waals surface area contributed by atoms with Crippen molar-refractivity contribution in [2.45, 2.75) is 32.3 Å². The van der Waals surface area contributed by atoms with Gasteiger partial charge in [0, 0.05) is 37.5 Å². The predicted molar refractivity (Wildman–Crippen MR) is 79.8 cm³/mol. The molecule has 0 aliphatic heterocycles. The highest BCUT2D eigenvalue weighted by Crippen LogP contribution is 2.06. The third kappa shape index (κ3) is 6.16. The second-order valence-corrected chi connectivity index (χ2v) is 6.21. The van der Waals surface area contributed by atoms with Crippen molar-refractivity contribution < 1.29 is 14.7 Å². The second-order valence-electron chi connectivity index (χ2n) is 5.43. The standard InChI is InChI=1S/C14H22N2O3S/c1-14(2,19)10-16(3)12(17)5-4-7-15-13(18)11-6-8-20-9-11/h6,8-9,19H,4-5,7,10H2,1-3H3,(H,15,18). The number of hydrogen-bond donors (Lipinski definition) is 2. The maximum atomic E-state index is 11.8. The topological polar surface area (TPSA) is 69.6 Å². The zero-order valence-electron chi connectivity index (χ0n) is 12.2. The molecule has 1 aromatic rings. The maximum absolute atomic E-state index is 11.8. The van der Waals surface area contributed by atoms with E-state index >= 15 is 0 Å². The second kappa shape index (κ2) is 7.40. The van der Waals surface area contributed by atoms with Gasteiger partial charge >= 0.3 is 0 Å². The summed E-state index contributed by atoms with van der Waals surface area (Å²) in [5, 5.41) is 16.1. The Labute approximate surface area is 123 Å². The lowest BCUT2D eigenvalue weighted by atomic mass is 10.1. The van der Waals surface area contributed by atoms with E-state index in [-0.39, 0.29) is 11.8 Å². The van der Waals surface area contributed by atoms with Crippen LogP contribution in [-0.4, -0.2) is 47.6 Å². The van der Waals surface area contributed by atoms with Gasteiger partial charge in [-0.05, 0) is 31.7 Å². The van der Waals surface area contributed by atoms with Crippen LogP contribution in [0, 0.1) is 0 Å². The van der Waals surface area contributed by atoms with Crippen LogP contribution in [0.5, 0.6) is 0 Å². The van der Waals surface area contributed by atoms with E-state index < -0.39 is 5.60 Å². The molecular formula is C14H22N2O3S. The Bertz CT molecular complexity index is 438. The van der Waals surface area contributed by atoms with Crippen LogP contribution in [0.4, 0.5) is 0 Å². The molecule has 0 saturated carbocycles. The predicted octanol–water partition coefficient (Wildman–Crippen LogP) is 1.49. The lowest BCUT2D eigenvalue weighted by Gasteiger charge is -2.25. The van der Waals surface area contributed by atoms with Crippen LogP contribution >= 0.6 is 11.3 Å². The quantitative estimate of drug-likeness (QED) is 0.749. The van der Waals surface area contributed by atoms with E-state index in [9.17, 15) is 14.7 Å². The third-order valence-corrected chi connectivity index (χ3v) is 3.37. The summed E-state index contributed by atoms with van der Waals surface area (Å²) >= 11 is 1.48. The summed E-state index contributed by atoms with van der Waals surface area (Å²) in [6.07, 6.45) is 0.946. The van der Waals surface area contributed by atoms with Crippen molar-refractivity contribution in [1.82, 2.24) is 10.2 Å². The molecule has 0 atom stereocenters. The number of hydrogen-bond acceptors (Lipinski definition) is 4. The number of carbonyl (C=O) groups is 2. The molecule has 0 unspecified atom stereocenters. The van der Waals surface area contributed by atoms with Crippen LogP contribution in [0.1, 0.15) is 37.0 Å². The number of carbonyl (C=O) groups excluding carboxylic acids is 2. The minimum absolute atomic E-state index is 0.0306. The van der Waals surface area contributed by atoms with Crippen molar-refractivity contribution in [1.29, 1.82) is 0 Å². The van der Waals surface area contributed by atoms with Crippen LogP contribution in [0.25, 0.3) is 0 Å². The van der Waals surface area contributed by atoms with E-state index in [1.165, 1.54) is 16.2 Å². The van der Waals surface area contributed by atoms with Crippen molar-refractivity contribution >= 4 is 23.2 Å². The van der Waals surface area contributed by atoms with Gasteiger partial charge < -0.3 is 15.3 Å². The Kier molecular flexibility index (Phi) is 6.16. The summed E-state index contributed by atoms with van der Waals surface area (Å²) in [5.41, 5.74) is -0.238. The molecule has 1 heterocycles. The van der Waals surface area contributed by atoms with E-state index in [4.69, 9.17) is 0 Å².